The summed E-state index contributed by atoms with van der Waals surface area (Å²) < 4.78 is 13.1. The second kappa shape index (κ2) is 8.19. The zero-order valence-corrected chi connectivity index (χ0v) is 18.3. The molecule has 0 bridgehead atoms. The Morgan fingerprint density at radius 1 is 1.29 bits per heavy atom. The van der Waals surface area contributed by atoms with Crippen LogP contribution < -0.4 is 10.1 Å². The van der Waals surface area contributed by atoms with E-state index in [9.17, 15) is 9.59 Å². The van der Waals surface area contributed by atoms with E-state index in [2.05, 4.69) is 15.0 Å². The first-order valence-corrected chi connectivity index (χ1v) is 10.5. The maximum atomic E-state index is 13.1. The van der Waals surface area contributed by atoms with Gasteiger partial charge in [0.25, 0.3) is 5.91 Å². The smallest absolute Gasteiger partial charge is 0.346 e. The van der Waals surface area contributed by atoms with E-state index in [0.717, 1.165) is 48.0 Å². The largest absolute Gasteiger partial charge is 0.497 e. The van der Waals surface area contributed by atoms with Gasteiger partial charge in [-0.15, -0.1) is 5.01 Å². The molecule has 1 N–H and O–H groups in total. The molecule has 0 unspecified atom stereocenters. The molecule has 2 fully saturated rings. The van der Waals surface area contributed by atoms with Crippen molar-refractivity contribution in [2.45, 2.75) is 51.8 Å². The molecule has 0 saturated carbocycles. The first-order chi connectivity index (χ1) is 14.8. The lowest BCUT2D eigenvalue weighted by Gasteiger charge is -2.21. The van der Waals surface area contributed by atoms with Crippen LogP contribution in [-0.2, 0) is 21.6 Å². The van der Waals surface area contributed by atoms with Gasteiger partial charge in [-0.2, -0.15) is 5.10 Å². The lowest BCUT2D eigenvalue weighted by molar-refractivity contribution is -0.131. The number of nitrogens with zero attached hydrogens (tertiary/aromatic N) is 3. The molecule has 2 aliphatic rings. The van der Waals surface area contributed by atoms with E-state index in [1.807, 2.05) is 19.9 Å². The third-order valence-corrected chi connectivity index (χ3v) is 6.17. The minimum absolute atomic E-state index is 0.228. The number of carbonyl (C=O) groups excluding carboxylic acids is 2. The lowest BCUT2D eigenvalue weighted by Crippen LogP contribution is -2.40. The third kappa shape index (κ3) is 3.83. The number of hydrogen-bond acceptors (Lipinski definition) is 5. The lowest BCUT2D eigenvalue weighted by atomic mass is 9.92. The molecule has 4 rings (SSSR count). The van der Waals surface area contributed by atoms with Gasteiger partial charge in [0.1, 0.15) is 11.3 Å². The van der Waals surface area contributed by atoms with Crippen molar-refractivity contribution in [3.8, 4) is 5.75 Å². The maximum Gasteiger partial charge on any atom is 0.346 e. The van der Waals surface area contributed by atoms with E-state index < -0.39 is 17.5 Å². The van der Waals surface area contributed by atoms with Crippen molar-refractivity contribution in [2.24, 2.45) is 5.10 Å². The van der Waals surface area contributed by atoms with Crippen molar-refractivity contribution >= 4 is 18.2 Å². The molecular formula is C23H28N4O4. The molecule has 3 amide bonds. The average molecular weight is 425 g/mol. The minimum atomic E-state index is -1.18. The first kappa shape index (κ1) is 21.1. The number of rotatable bonds is 6. The molecule has 0 radical (unpaired) electrons. The van der Waals surface area contributed by atoms with E-state index in [-0.39, 0.29) is 6.10 Å². The maximum absolute atomic E-state index is 13.1. The van der Waals surface area contributed by atoms with Gasteiger partial charge in [0, 0.05) is 30.1 Å². The zero-order chi connectivity index (χ0) is 22.2. The Bertz CT molecular complexity index is 1020. The van der Waals surface area contributed by atoms with Crippen molar-refractivity contribution in [1.29, 1.82) is 0 Å². The molecule has 0 spiro atoms. The number of nitrogens with one attached hydrogen (secondary N) is 1. The van der Waals surface area contributed by atoms with E-state index in [4.69, 9.17) is 9.47 Å². The second-order valence-electron chi connectivity index (χ2n) is 8.22. The van der Waals surface area contributed by atoms with Gasteiger partial charge in [-0.3, -0.25) is 4.79 Å². The highest BCUT2D eigenvalue weighted by Crippen LogP contribution is 2.30. The van der Waals surface area contributed by atoms with Crippen LogP contribution in [0.3, 0.4) is 0 Å². The van der Waals surface area contributed by atoms with Gasteiger partial charge in [0.2, 0.25) is 0 Å². The standard InChI is InChI=1S/C23H28N4O4/c1-15-12-17(16(2)26(15)14-20-6-5-11-31-20)13-24-27-21(28)23(3,25-22(27)29)18-7-9-19(30-4)10-8-18/h7-10,12-13,20H,5-6,11,14H2,1-4H3,(H,25,29)/b24-13-/t20-,23-/m1/s1. The summed E-state index contributed by atoms with van der Waals surface area (Å²) in [6.45, 7) is 7.34. The van der Waals surface area contributed by atoms with Crippen LogP contribution in [0.1, 0.15) is 42.3 Å². The van der Waals surface area contributed by atoms with Gasteiger partial charge >= 0.3 is 6.03 Å². The number of hydrazone groups is 1. The van der Waals surface area contributed by atoms with Crippen LogP contribution in [0.15, 0.2) is 35.4 Å². The molecule has 31 heavy (non-hydrogen) atoms. The normalized spacial score (nSPS) is 23.7. The quantitative estimate of drug-likeness (QED) is 0.570. The minimum Gasteiger partial charge on any atom is -0.497 e. The summed E-state index contributed by atoms with van der Waals surface area (Å²) in [7, 11) is 1.58. The van der Waals surface area contributed by atoms with Crippen LogP contribution in [0.25, 0.3) is 0 Å². The van der Waals surface area contributed by atoms with E-state index in [1.54, 1.807) is 44.5 Å². The number of ether oxygens (including phenoxy) is 2. The molecule has 2 aromatic rings. The van der Waals surface area contributed by atoms with E-state index >= 15 is 0 Å². The van der Waals surface area contributed by atoms with Gasteiger partial charge in [-0.05, 0) is 57.4 Å². The SMILES string of the molecule is COc1ccc([C@@]2(C)NC(=O)N(/N=C\c3cc(C)n(C[C@H]4CCCO4)c3C)C2=O)cc1. The zero-order valence-electron chi connectivity index (χ0n) is 18.3. The van der Waals surface area contributed by atoms with Crippen molar-refractivity contribution in [3.05, 3.63) is 52.8 Å². The summed E-state index contributed by atoms with van der Waals surface area (Å²) in [5.41, 5.74) is 2.47. The molecule has 8 heteroatoms. The average Bonchev–Trinajstić information content (AvgIpc) is 3.43. The first-order valence-electron chi connectivity index (χ1n) is 10.5. The predicted molar refractivity (Wildman–Crippen MR) is 116 cm³/mol. The number of carbonyl (C=O) groups is 2. The summed E-state index contributed by atoms with van der Waals surface area (Å²) >= 11 is 0. The molecule has 0 aliphatic carbocycles. The highest BCUT2D eigenvalue weighted by molar-refractivity contribution is 6.07. The number of methoxy groups -OCH3 is 1. The molecule has 8 nitrogen and oxygen atoms in total. The van der Waals surface area contributed by atoms with Crippen molar-refractivity contribution in [3.63, 3.8) is 0 Å². The molecule has 1 aromatic heterocycles. The Labute approximate surface area is 181 Å². The fourth-order valence-electron chi connectivity index (χ4n) is 4.20. The summed E-state index contributed by atoms with van der Waals surface area (Å²) in [6, 6.07) is 8.51. The van der Waals surface area contributed by atoms with Gasteiger partial charge in [-0.1, -0.05) is 12.1 Å². The summed E-state index contributed by atoms with van der Waals surface area (Å²) in [6.07, 6.45) is 3.96. The van der Waals surface area contributed by atoms with Crippen LogP contribution in [0.5, 0.6) is 5.75 Å². The molecular weight excluding hydrogens is 396 g/mol. The Morgan fingerprint density at radius 3 is 2.68 bits per heavy atom. The van der Waals surface area contributed by atoms with Crippen molar-refractivity contribution < 1.29 is 19.1 Å². The van der Waals surface area contributed by atoms with Crippen LogP contribution >= 0.6 is 0 Å². The Hall–Kier alpha value is -3.13. The Morgan fingerprint density at radius 2 is 2.03 bits per heavy atom. The van der Waals surface area contributed by atoms with Gasteiger partial charge in [-0.25, -0.2) is 4.79 Å². The molecule has 3 heterocycles. The second-order valence-corrected chi connectivity index (χ2v) is 8.22. The monoisotopic (exact) mass is 424 g/mol. The fourth-order valence-corrected chi connectivity index (χ4v) is 4.20. The number of imide groups is 1. The third-order valence-electron chi connectivity index (χ3n) is 6.17. The highest BCUT2D eigenvalue weighted by atomic mass is 16.5. The highest BCUT2D eigenvalue weighted by Gasteiger charge is 2.49. The molecule has 2 aliphatic heterocycles. The topological polar surface area (TPSA) is 85.2 Å². The van der Waals surface area contributed by atoms with Gasteiger partial charge < -0.3 is 19.4 Å². The summed E-state index contributed by atoms with van der Waals surface area (Å²) in [4.78, 5) is 25.6. The number of benzene rings is 1. The van der Waals surface area contributed by atoms with Gasteiger partial charge in [0.05, 0.1) is 19.4 Å². The molecule has 1 aromatic carbocycles. The number of hydrogen-bond donors (Lipinski definition) is 1. The number of aromatic nitrogens is 1. The number of aryl methyl sites for hydroxylation is 1. The molecule has 2 atom stereocenters. The number of urea groups is 1. The summed E-state index contributed by atoms with van der Waals surface area (Å²) in [5, 5.41) is 7.89. The fraction of sp³-hybridized carbons (Fsp3) is 0.435. The van der Waals surface area contributed by atoms with Crippen LogP contribution in [0.4, 0.5) is 4.79 Å². The van der Waals surface area contributed by atoms with Crippen LogP contribution in [-0.4, -0.2) is 47.5 Å². The van der Waals surface area contributed by atoms with Crippen LogP contribution in [0.2, 0.25) is 0 Å². The molecule has 2 saturated heterocycles. The number of amides is 3. The molecule has 164 valence electrons. The summed E-state index contributed by atoms with van der Waals surface area (Å²) in [5.74, 6) is 0.254. The van der Waals surface area contributed by atoms with Crippen molar-refractivity contribution in [1.82, 2.24) is 14.9 Å². The predicted octanol–water partition coefficient (Wildman–Crippen LogP) is 3.09. The van der Waals surface area contributed by atoms with Crippen molar-refractivity contribution in [2.75, 3.05) is 13.7 Å². The van der Waals surface area contributed by atoms with Crippen LogP contribution in [0, 0.1) is 13.8 Å². The van der Waals surface area contributed by atoms with E-state index in [1.165, 1.54) is 0 Å². The Balaban J connectivity index is 1.54. The van der Waals surface area contributed by atoms with E-state index in [0.29, 0.717) is 11.3 Å². The van der Waals surface area contributed by atoms with Gasteiger partial charge in [0.15, 0.2) is 0 Å². The Kier molecular flexibility index (Phi) is 5.58.